The summed E-state index contributed by atoms with van der Waals surface area (Å²) < 4.78 is 0. The first-order valence-corrected chi connectivity index (χ1v) is 5.67. The zero-order valence-corrected chi connectivity index (χ0v) is 9.52. The van der Waals surface area contributed by atoms with E-state index < -0.39 is 0 Å². The van der Waals surface area contributed by atoms with Gasteiger partial charge in [-0.05, 0) is 25.5 Å². The Bertz CT molecular complexity index is 372. The fourth-order valence-electron chi connectivity index (χ4n) is 2.04. The van der Waals surface area contributed by atoms with Crippen LogP contribution in [0.1, 0.15) is 22.3 Å². The molecule has 1 aromatic carbocycles. The molecule has 1 aliphatic heterocycles. The summed E-state index contributed by atoms with van der Waals surface area (Å²) in [4.78, 5) is 13.9. The average Bonchev–Trinajstić information content (AvgIpc) is 2.77. The van der Waals surface area contributed by atoms with E-state index in [2.05, 4.69) is 0 Å². The first-order valence-electron chi connectivity index (χ1n) is 5.67. The van der Waals surface area contributed by atoms with Crippen molar-refractivity contribution in [2.75, 3.05) is 19.7 Å². The smallest absolute Gasteiger partial charge is 0.253 e. The Morgan fingerprint density at radius 3 is 2.69 bits per heavy atom. The molecule has 1 aliphatic rings. The molecule has 1 saturated heterocycles. The van der Waals surface area contributed by atoms with Gasteiger partial charge in [0.1, 0.15) is 0 Å². The standard InChI is InChI=1S/C13H17NO2/c1-10-2-4-12(5-3-10)13(16)14-7-6-11(8-14)9-15/h2-5,11,15H,6-9H2,1H3. The Balaban J connectivity index is 2.05. The molecule has 0 spiro atoms. The van der Waals surface area contributed by atoms with Crippen molar-refractivity contribution >= 4 is 5.91 Å². The Morgan fingerprint density at radius 2 is 2.12 bits per heavy atom. The predicted octanol–water partition coefficient (Wildman–Crippen LogP) is 1.45. The summed E-state index contributed by atoms with van der Waals surface area (Å²) in [6.45, 7) is 3.63. The zero-order valence-electron chi connectivity index (χ0n) is 9.52. The maximum absolute atomic E-state index is 12.1. The van der Waals surface area contributed by atoms with Crippen molar-refractivity contribution in [3.05, 3.63) is 35.4 Å². The van der Waals surface area contributed by atoms with Crippen molar-refractivity contribution in [1.29, 1.82) is 0 Å². The van der Waals surface area contributed by atoms with Gasteiger partial charge in [-0.15, -0.1) is 0 Å². The van der Waals surface area contributed by atoms with Gasteiger partial charge in [0.25, 0.3) is 5.91 Å². The molecule has 0 aromatic heterocycles. The van der Waals surface area contributed by atoms with E-state index in [1.807, 2.05) is 36.1 Å². The molecule has 86 valence electrons. The number of nitrogens with zero attached hydrogens (tertiary/aromatic N) is 1. The monoisotopic (exact) mass is 219 g/mol. The largest absolute Gasteiger partial charge is 0.396 e. The summed E-state index contributed by atoms with van der Waals surface area (Å²) >= 11 is 0. The fourth-order valence-corrected chi connectivity index (χ4v) is 2.04. The molecular formula is C13H17NO2. The topological polar surface area (TPSA) is 40.5 Å². The summed E-state index contributed by atoms with van der Waals surface area (Å²) in [6, 6.07) is 7.63. The molecule has 1 heterocycles. The summed E-state index contributed by atoms with van der Waals surface area (Å²) in [5, 5.41) is 9.03. The molecule has 0 saturated carbocycles. The summed E-state index contributed by atoms with van der Waals surface area (Å²) in [6.07, 6.45) is 0.911. The number of likely N-dealkylation sites (tertiary alicyclic amines) is 1. The first kappa shape index (κ1) is 11.1. The van der Waals surface area contributed by atoms with Crippen molar-refractivity contribution in [3.63, 3.8) is 0 Å². The van der Waals surface area contributed by atoms with Gasteiger partial charge in [0.05, 0.1) is 0 Å². The van der Waals surface area contributed by atoms with E-state index in [1.165, 1.54) is 0 Å². The van der Waals surface area contributed by atoms with Gasteiger partial charge < -0.3 is 10.0 Å². The van der Waals surface area contributed by atoms with Crippen LogP contribution in [0, 0.1) is 12.8 Å². The number of benzene rings is 1. The number of amides is 1. The second-order valence-corrected chi connectivity index (χ2v) is 4.45. The van der Waals surface area contributed by atoms with Crippen LogP contribution < -0.4 is 0 Å². The number of hydrogen-bond donors (Lipinski definition) is 1. The molecule has 1 N–H and O–H groups in total. The van der Waals surface area contributed by atoms with Gasteiger partial charge in [-0.25, -0.2) is 0 Å². The Labute approximate surface area is 95.7 Å². The Kier molecular flexibility index (Phi) is 3.25. The van der Waals surface area contributed by atoms with E-state index in [0.717, 1.165) is 24.1 Å². The van der Waals surface area contributed by atoms with Crippen molar-refractivity contribution < 1.29 is 9.90 Å². The van der Waals surface area contributed by atoms with Gasteiger partial charge in [-0.2, -0.15) is 0 Å². The van der Waals surface area contributed by atoms with Gasteiger partial charge in [-0.1, -0.05) is 17.7 Å². The second-order valence-electron chi connectivity index (χ2n) is 4.45. The lowest BCUT2D eigenvalue weighted by Crippen LogP contribution is -2.29. The molecule has 3 heteroatoms. The fraction of sp³-hybridized carbons (Fsp3) is 0.462. The van der Waals surface area contributed by atoms with E-state index in [0.29, 0.717) is 6.54 Å². The normalized spacial score (nSPS) is 20.1. The number of hydrogen-bond acceptors (Lipinski definition) is 2. The highest BCUT2D eigenvalue weighted by Crippen LogP contribution is 2.18. The lowest BCUT2D eigenvalue weighted by molar-refractivity contribution is 0.0782. The van der Waals surface area contributed by atoms with Crippen LogP contribution >= 0.6 is 0 Å². The van der Waals surface area contributed by atoms with Gasteiger partial charge >= 0.3 is 0 Å². The lowest BCUT2D eigenvalue weighted by atomic mass is 10.1. The molecule has 0 bridgehead atoms. The predicted molar refractivity (Wildman–Crippen MR) is 62.3 cm³/mol. The van der Waals surface area contributed by atoms with Crippen LogP contribution in [0.2, 0.25) is 0 Å². The highest BCUT2D eigenvalue weighted by Gasteiger charge is 2.26. The summed E-state index contributed by atoms with van der Waals surface area (Å²) in [7, 11) is 0. The molecular weight excluding hydrogens is 202 g/mol. The van der Waals surface area contributed by atoms with Crippen molar-refractivity contribution in [3.8, 4) is 0 Å². The van der Waals surface area contributed by atoms with E-state index in [1.54, 1.807) is 0 Å². The zero-order chi connectivity index (χ0) is 11.5. The maximum atomic E-state index is 12.1. The van der Waals surface area contributed by atoms with E-state index in [9.17, 15) is 4.79 Å². The Morgan fingerprint density at radius 1 is 1.44 bits per heavy atom. The third-order valence-electron chi connectivity index (χ3n) is 3.13. The highest BCUT2D eigenvalue weighted by molar-refractivity contribution is 5.94. The van der Waals surface area contributed by atoms with Crippen LogP contribution in [0.5, 0.6) is 0 Å². The van der Waals surface area contributed by atoms with Gasteiger partial charge in [0, 0.05) is 31.2 Å². The third kappa shape index (κ3) is 2.25. The van der Waals surface area contributed by atoms with Crippen LogP contribution in [-0.4, -0.2) is 35.6 Å². The molecule has 0 radical (unpaired) electrons. The minimum Gasteiger partial charge on any atom is -0.396 e. The summed E-state index contributed by atoms with van der Waals surface area (Å²) in [5.41, 5.74) is 1.90. The molecule has 1 fully saturated rings. The minimum atomic E-state index is 0.0796. The van der Waals surface area contributed by atoms with Gasteiger partial charge in [-0.3, -0.25) is 4.79 Å². The van der Waals surface area contributed by atoms with Crippen LogP contribution in [0.15, 0.2) is 24.3 Å². The third-order valence-corrected chi connectivity index (χ3v) is 3.13. The number of carbonyl (C=O) groups excluding carboxylic acids is 1. The molecule has 1 aromatic rings. The second kappa shape index (κ2) is 4.66. The molecule has 0 aliphatic carbocycles. The van der Waals surface area contributed by atoms with Crippen LogP contribution in [0.3, 0.4) is 0 Å². The number of aliphatic hydroxyl groups is 1. The number of aryl methyl sites for hydroxylation is 1. The lowest BCUT2D eigenvalue weighted by Gasteiger charge is -2.16. The molecule has 16 heavy (non-hydrogen) atoms. The highest BCUT2D eigenvalue weighted by atomic mass is 16.3. The molecule has 3 nitrogen and oxygen atoms in total. The van der Waals surface area contributed by atoms with Crippen molar-refractivity contribution in [2.45, 2.75) is 13.3 Å². The van der Waals surface area contributed by atoms with E-state index >= 15 is 0 Å². The summed E-state index contributed by atoms with van der Waals surface area (Å²) in [5.74, 6) is 0.338. The molecule has 1 amide bonds. The SMILES string of the molecule is Cc1ccc(C(=O)N2CCC(CO)C2)cc1. The van der Waals surface area contributed by atoms with Crippen molar-refractivity contribution in [1.82, 2.24) is 4.90 Å². The first-order chi connectivity index (χ1) is 7.70. The van der Waals surface area contributed by atoms with Crippen LogP contribution in [-0.2, 0) is 0 Å². The quantitative estimate of drug-likeness (QED) is 0.818. The molecule has 1 unspecified atom stereocenters. The van der Waals surface area contributed by atoms with Crippen LogP contribution in [0.25, 0.3) is 0 Å². The Hall–Kier alpha value is -1.35. The van der Waals surface area contributed by atoms with E-state index in [-0.39, 0.29) is 18.4 Å². The van der Waals surface area contributed by atoms with E-state index in [4.69, 9.17) is 5.11 Å². The molecule has 1 atom stereocenters. The minimum absolute atomic E-state index is 0.0796. The van der Waals surface area contributed by atoms with Crippen LogP contribution in [0.4, 0.5) is 0 Å². The van der Waals surface area contributed by atoms with Gasteiger partial charge in [0.15, 0.2) is 0 Å². The van der Waals surface area contributed by atoms with Crippen molar-refractivity contribution in [2.24, 2.45) is 5.92 Å². The number of aliphatic hydroxyl groups excluding tert-OH is 1. The number of carbonyl (C=O) groups is 1. The van der Waals surface area contributed by atoms with Gasteiger partial charge in [0.2, 0.25) is 0 Å². The number of rotatable bonds is 2. The molecule has 2 rings (SSSR count). The maximum Gasteiger partial charge on any atom is 0.253 e. The average molecular weight is 219 g/mol.